The maximum absolute atomic E-state index is 12.2. The van der Waals surface area contributed by atoms with E-state index in [0.717, 1.165) is 36.1 Å². The molecule has 3 heterocycles. The third-order valence-electron chi connectivity index (χ3n) is 8.08. The molecule has 6 atom stereocenters. The van der Waals surface area contributed by atoms with Gasteiger partial charge in [0.05, 0.1) is 30.2 Å². The molecule has 3 aliphatic heterocycles. The quantitative estimate of drug-likeness (QED) is 0.377. The van der Waals surface area contributed by atoms with Crippen molar-refractivity contribution in [3.05, 3.63) is 35.4 Å². The van der Waals surface area contributed by atoms with Crippen LogP contribution in [0.4, 0.5) is 5.69 Å². The molecule has 4 aliphatic rings. The van der Waals surface area contributed by atoms with Crippen molar-refractivity contribution in [1.82, 2.24) is 0 Å². The van der Waals surface area contributed by atoms with Crippen LogP contribution < -0.4 is 5.32 Å². The Morgan fingerprint density at radius 2 is 2.28 bits per heavy atom. The fourth-order valence-electron chi connectivity index (χ4n) is 6.97. The van der Waals surface area contributed by atoms with E-state index in [-0.39, 0.29) is 17.4 Å². The Kier molecular flexibility index (Phi) is 3.01. The number of benzene rings is 1. The van der Waals surface area contributed by atoms with Crippen LogP contribution in [0.1, 0.15) is 32.3 Å². The lowest BCUT2D eigenvalue weighted by atomic mass is 9.55. The number of quaternary nitrogens is 1. The summed E-state index contributed by atoms with van der Waals surface area (Å²) in [5, 5.41) is 14.1. The first kappa shape index (κ1) is 15.4. The SMILES string of the molecule is C/C=C1\C[N+]2(CC)CCC34c5cccc(O)c5NC3C(C=O)C1CC42. The summed E-state index contributed by atoms with van der Waals surface area (Å²) in [7, 11) is 0. The lowest BCUT2D eigenvalue weighted by Crippen LogP contribution is -2.68. The summed E-state index contributed by atoms with van der Waals surface area (Å²) in [5.41, 5.74) is 3.59. The van der Waals surface area contributed by atoms with Gasteiger partial charge in [-0.2, -0.15) is 0 Å². The number of allylic oxidation sites excluding steroid dienone is 1. The number of likely N-dealkylation sites (N-methyl/N-ethyl adjacent to an activating group) is 1. The van der Waals surface area contributed by atoms with Crippen LogP contribution in [-0.2, 0) is 10.2 Å². The number of nitrogens with one attached hydrogen (secondary N) is 1. The molecular weight excluding hydrogens is 312 g/mol. The number of phenols is 1. The highest BCUT2D eigenvalue weighted by molar-refractivity contribution is 5.74. The molecule has 132 valence electrons. The normalized spacial score (nSPS) is 45.0. The first-order chi connectivity index (χ1) is 12.1. The van der Waals surface area contributed by atoms with Crippen LogP contribution in [0.3, 0.4) is 0 Å². The standard InChI is InChI=1S/C21H26N2O2/c1-3-13-11-23(4-2)9-8-21-16-6-5-7-17(25)19(16)22-20(21)15(12-24)14(13)10-18(21)23/h3,5-7,12,14-15,18,20,22H,4,8-11H2,1-2H3/p+1/b13-3+. The molecule has 1 aromatic rings. The fourth-order valence-corrected chi connectivity index (χ4v) is 6.97. The van der Waals surface area contributed by atoms with Gasteiger partial charge >= 0.3 is 0 Å². The number of aldehydes is 1. The molecular formula is C21H27N2O2+. The highest BCUT2D eigenvalue weighted by Crippen LogP contribution is 2.64. The van der Waals surface area contributed by atoms with Crippen LogP contribution in [0.15, 0.2) is 29.8 Å². The van der Waals surface area contributed by atoms with Gasteiger partial charge in [-0.05, 0) is 31.1 Å². The minimum atomic E-state index is -0.00850. The van der Waals surface area contributed by atoms with Gasteiger partial charge in [-0.1, -0.05) is 18.2 Å². The molecule has 2 bridgehead atoms. The van der Waals surface area contributed by atoms with Gasteiger partial charge in [0.25, 0.3) is 0 Å². The van der Waals surface area contributed by atoms with Gasteiger partial charge in [0.15, 0.2) is 0 Å². The monoisotopic (exact) mass is 339 g/mol. The van der Waals surface area contributed by atoms with E-state index in [0.29, 0.717) is 17.7 Å². The van der Waals surface area contributed by atoms with E-state index in [2.05, 4.69) is 31.3 Å². The van der Waals surface area contributed by atoms with Crippen molar-refractivity contribution >= 4 is 12.0 Å². The third kappa shape index (κ3) is 1.60. The predicted molar refractivity (Wildman–Crippen MR) is 97.6 cm³/mol. The molecule has 4 nitrogen and oxygen atoms in total. The number of piperidine rings is 1. The zero-order chi connectivity index (χ0) is 17.4. The van der Waals surface area contributed by atoms with Crippen LogP contribution in [0.5, 0.6) is 5.75 Å². The Labute approximate surface area is 149 Å². The fraction of sp³-hybridized carbons (Fsp3) is 0.571. The second-order valence-electron chi connectivity index (χ2n) is 8.46. The van der Waals surface area contributed by atoms with Crippen LogP contribution in [0, 0.1) is 11.8 Å². The summed E-state index contributed by atoms with van der Waals surface area (Å²) in [6.07, 6.45) is 5.66. The van der Waals surface area contributed by atoms with Gasteiger partial charge in [0.1, 0.15) is 24.6 Å². The average molecular weight is 339 g/mol. The van der Waals surface area contributed by atoms with Gasteiger partial charge in [-0.3, -0.25) is 0 Å². The van der Waals surface area contributed by atoms with E-state index in [9.17, 15) is 9.90 Å². The van der Waals surface area contributed by atoms with Gasteiger partial charge in [0.2, 0.25) is 0 Å². The highest BCUT2D eigenvalue weighted by Gasteiger charge is 2.71. The molecule has 3 fully saturated rings. The number of phenolic OH excluding ortho intramolecular Hbond substituents is 1. The minimum absolute atomic E-state index is 0.00796. The Balaban J connectivity index is 1.76. The number of anilines is 1. The third-order valence-corrected chi connectivity index (χ3v) is 8.08. The summed E-state index contributed by atoms with van der Waals surface area (Å²) in [5.74, 6) is 0.671. The smallest absolute Gasteiger partial charge is 0.138 e. The molecule has 5 rings (SSSR count). The van der Waals surface area contributed by atoms with Crippen LogP contribution >= 0.6 is 0 Å². The number of carbonyl (C=O) groups excluding carboxylic acids is 1. The lowest BCUT2D eigenvalue weighted by Gasteiger charge is -2.56. The molecule has 2 saturated heterocycles. The molecule has 1 aliphatic carbocycles. The van der Waals surface area contributed by atoms with Crippen molar-refractivity contribution < 1.29 is 14.4 Å². The first-order valence-corrected chi connectivity index (χ1v) is 9.66. The number of hydrogen-bond donors (Lipinski definition) is 2. The molecule has 1 spiro atoms. The number of rotatable bonds is 2. The molecule has 0 amide bonds. The molecule has 25 heavy (non-hydrogen) atoms. The summed E-state index contributed by atoms with van der Waals surface area (Å²) in [6.45, 7) is 7.85. The van der Waals surface area contributed by atoms with Crippen molar-refractivity contribution in [3.63, 3.8) is 0 Å². The zero-order valence-electron chi connectivity index (χ0n) is 15.0. The van der Waals surface area contributed by atoms with E-state index in [4.69, 9.17) is 0 Å². The molecule has 1 aromatic carbocycles. The van der Waals surface area contributed by atoms with Gasteiger partial charge in [0, 0.05) is 24.7 Å². The maximum atomic E-state index is 12.2. The summed E-state index contributed by atoms with van der Waals surface area (Å²) in [6, 6.07) is 6.57. The van der Waals surface area contributed by atoms with Gasteiger partial charge < -0.3 is 19.7 Å². The molecule has 0 radical (unpaired) electrons. The van der Waals surface area contributed by atoms with Crippen molar-refractivity contribution in [1.29, 1.82) is 0 Å². The van der Waals surface area contributed by atoms with Crippen molar-refractivity contribution in [2.24, 2.45) is 11.8 Å². The molecule has 4 heteroatoms. The number of para-hydroxylation sites is 1. The maximum Gasteiger partial charge on any atom is 0.138 e. The van der Waals surface area contributed by atoms with Crippen molar-refractivity contribution in [3.8, 4) is 5.75 Å². The Bertz CT molecular complexity index is 788. The predicted octanol–water partition coefficient (Wildman–Crippen LogP) is 2.83. The molecule has 6 unspecified atom stereocenters. The average Bonchev–Trinajstić information content (AvgIpc) is 3.17. The number of hydrogen-bond acceptors (Lipinski definition) is 3. The molecule has 2 N–H and O–H groups in total. The summed E-state index contributed by atoms with van der Waals surface area (Å²) in [4.78, 5) is 12.2. The largest absolute Gasteiger partial charge is 0.506 e. The number of fused-ring (bicyclic) bond motifs is 2. The van der Waals surface area contributed by atoms with E-state index in [1.54, 1.807) is 6.07 Å². The number of nitrogens with zero attached hydrogens (tertiary/aromatic N) is 1. The van der Waals surface area contributed by atoms with Crippen molar-refractivity contribution in [2.45, 2.75) is 44.2 Å². The second-order valence-corrected chi connectivity index (χ2v) is 8.46. The first-order valence-electron chi connectivity index (χ1n) is 9.66. The Hall–Kier alpha value is -1.81. The summed E-state index contributed by atoms with van der Waals surface area (Å²) >= 11 is 0. The van der Waals surface area contributed by atoms with E-state index in [1.807, 2.05) is 6.07 Å². The van der Waals surface area contributed by atoms with E-state index >= 15 is 0 Å². The number of aromatic hydroxyl groups is 1. The Morgan fingerprint density at radius 3 is 3.00 bits per heavy atom. The Morgan fingerprint density at radius 1 is 1.44 bits per heavy atom. The van der Waals surface area contributed by atoms with Gasteiger partial charge in [-0.25, -0.2) is 0 Å². The van der Waals surface area contributed by atoms with E-state index in [1.165, 1.54) is 24.0 Å². The molecule has 1 saturated carbocycles. The topological polar surface area (TPSA) is 49.3 Å². The van der Waals surface area contributed by atoms with Gasteiger partial charge in [-0.15, -0.1) is 0 Å². The van der Waals surface area contributed by atoms with Crippen molar-refractivity contribution in [2.75, 3.05) is 25.0 Å². The zero-order valence-corrected chi connectivity index (χ0v) is 15.0. The summed E-state index contributed by atoms with van der Waals surface area (Å²) < 4.78 is 1.15. The van der Waals surface area contributed by atoms with E-state index < -0.39 is 0 Å². The number of carbonyl (C=O) groups is 1. The van der Waals surface area contributed by atoms with Crippen LogP contribution in [0.2, 0.25) is 0 Å². The van der Waals surface area contributed by atoms with Crippen LogP contribution in [-0.4, -0.2) is 47.6 Å². The minimum Gasteiger partial charge on any atom is -0.506 e. The molecule has 0 aromatic heterocycles. The highest BCUT2D eigenvalue weighted by atomic mass is 16.3. The van der Waals surface area contributed by atoms with Crippen LogP contribution in [0.25, 0.3) is 0 Å². The second kappa shape index (κ2) is 4.88. The lowest BCUT2D eigenvalue weighted by molar-refractivity contribution is -0.941.